The summed E-state index contributed by atoms with van der Waals surface area (Å²) in [5, 5.41) is 3.36. The summed E-state index contributed by atoms with van der Waals surface area (Å²) in [6.07, 6.45) is 0. The van der Waals surface area contributed by atoms with Crippen LogP contribution in [0.3, 0.4) is 0 Å². The predicted molar refractivity (Wildman–Crippen MR) is 104 cm³/mol. The Bertz CT molecular complexity index is 373. The van der Waals surface area contributed by atoms with E-state index in [1.807, 2.05) is 13.8 Å². The Labute approximate surface area is 145 Å². The van der Waals surface area contributed by atoms with Crippen LogP contribution in [0.2, 0.25) is 0 Å². The highest BCUT2D eigenvalue weighted by Crippen LogP contribution is 2.07. The fourth-order valence-electron chi connectivity index (χ4n) is 2.48. The minimum absolute atomic E-state index is 0.740. The monoisotopic (exact) mass is 321 g/mol. The molecule has 0 saturated heterocycles. The predicted octanol–water partition coefficient (Wildman–Crippen LogP) is 3.84. The molecule has 0 fully saturated rings. The summed E-state index contributed by atoms with van der Waals surface area (Å²) in [7, 11) is 4.42. The smallest absolute Gasteiger partial charge is 0.0231 e. The van der Waals surface area contributed by atoms with Crippen LogP contribution in [0, 0.1) is 5.92 Å². The quantitative estimate of drug-likeness (QED) is 0.706. The van der Waals surface area contributed by atoms with Gasteiger partial charge in [0, 0.05) is 32.7 Å². The van der Waals surface area contributed by atoms with E-state index in [-0.39, 0.29) is 0 Å². The van der Waals surface area contributed by atoms with Gasteiger partial charge in [0.2, 0.25) is 0 Å². The standard InChI is InChI=1S/C18H33N3.C2H6/c1-6-19-13-17-7-9-18(10-8-17)15-21(5)12-11-20(4)14-16(2)3;1-2/h7-10,16,19H,6,11-15H2,1-5H3;1-2H3. The average molecular weight is 322 g/mol. The molecule has 0 bridgehead atoms. The number of likely N-dealkylation sites (N-methyl/N-ethyl adjacent to an activating group) is 2. The van der Waals surface area contributed by atoms with Crippen LogP contribution in [0.15, 0.2) is 24.3 Å². The molecule has 0 amide bonds. The maximum absolute atomic E-state index is 3.36. The van der Waals surface area contributed by atoms with E-state index in [1.54, 1.807) is 0 Å². The van der Waals surface area contributed by atoms with Gasteiger partial charge in [-0.3, -0.25) is 0 Å². The number of nitrogens with zero attached hydrogens (tertiary/aromatic N) is 2. The minimum Gasteiger partial charge on any atom is -0.313 e. The van der Waals surface area contributed by atoms with Crippen LogP contribution in [0.4, 0.5) is 0 Å². The lowest BCUT2D eigenvalue weighted by atomic mass is 10.1. The van der Waals surface area contributed by atoms with Gasteiger partial charge in [-0.1, -0.05) is 58.9 Å². The van der Waals surface area contributed by atoms with E-state index in [0.717, 1.165) is 38.6 Å². The van der Waals surface area contributed by atoms with Crippen molar-refractivity contribution in [1.82, 2.24) is 15.1 Å². The highest BCUT2D eigenvalue weighted by molar-refractivity contribution is 5.22. The normalized spacial score (nSPS) is 11.0. The van der Waals surface area contributed by atoms with Crippen molar-refractivity contribution in [2.24, 2.45) is 5.92 Å². The average Bonchev–Trinajstić information content (AvgIpc) is 2.53. The second-order valence-electron chi connectivity index (χ2n) is 6.49. The molecule has 0 saturated carbocycles. The topological polar surface area (TPSA) is 18.5 Å². The SMILES string of the molecule is CC.CCNCc1ccc(CN(C)CCN(C)CC(C)C)cc1. The van der Waals surface area contributed by atoms with Gasteiger partial charge in [0.25, 0.3) is 0 Å². The summed E-state index contributed by atoms with van der Waals surface area (Å²) in [4.78, 5) is 4.82. The van der Waals surface area contributed by atoms with Crippen LogP contribution < -0.4 is 5.32 Å². The van der Waals surface area contributed by atoms with Crippen molar-refractivity contribution in [3.05, 3.63) is 35.4 Å². The second kappa shape index (κ2) is 13.5. The molecule has 0 heterocycles. The van der Waals surface area contributed by atoms with Crippen molar-refractivity contribution < 1.29 is 0 Å². The third-order valence-electron chi connectivity index (χ3n) is 3.59. The second-order valence-corrected chi connectivity index (χ2v) is 6.49. The summed E-state index contributed by atoms with van der Waals surface area (Å²) in [6.45, 7) is 17.1. The van der Waals surface area contributed by atoms with Crippen molar-refractivity contribution >= 4 is 0 Å². The Balaban J connectivity index is 0.00000232. The number of hydrogen-bond donors (Lipinski definition) is 1. The molecule has 134 valence electrons. The molecule has 0 aliphatic heterocycles. The van der Waals surface area contributed by atoms with E-state index >= 15 is 0 Å². The zero-order chi connectivity index (χ0) is 17.7. The maximum Gasteiger partial charge on any atom is 0.0231 e. The number of rotatable bonds is 10. The van der Waals surface area contributed by atoms with Crippen LogP contribution in [0.1, 0.15) is 45.7 Å². The lowest BCUT2D eigenvalue weighted by Gasteiger charge is -2.23. The van der Waals surface area contributed by atoms with E-state index < -0.39 is 0 Å². The van der Waals surface area contributed by atoms with Gasteiger partial charge in [0.1, 0.15) is 0 Å². The molecule has 0 aliphatic carbocycles. The Hall–Kier alpha value is -0.900. The molecule has 3 nitrogen and oxygen atoms in total. The fraction of sp³-hybridized carbons (Fsp3) is 0.700. The lowest BCUT2D eigenvalue weighted by Crippen LogP contribution is -2.32. The number of benzene rings is 1. The summed E-state index contributed by atoms with van der Waals surface area (Å²) < 4.78 is 0. The third-order valence-corrected chi connectivity index (χ3v) is 3.59. The minimum atomic E-state index is 0.740. The summed E-state index contributed by atoms with van der Waals surface area (Å²) in [5.74, 6) is 0.740. The molecule has 0 aliphatic rings. The van der Waals surface area contributed by atoms with E-state index in [1.165, 1.54) is 17.7 Å². The molecule has 0 radical (unpaired) electrons. The van der Waals surface area contributed by atoms with E-state index in [0.29, 0.717) is 0 Å². The van der Waals surface area contributed by atoms with Crippen LogP contribution in [0.25, 0.3) is 0 Å². The van der Waals surface area contributed by atoms with Crippen molar-refractivity contribution in [3.63, 3.8) is 0 Å². The van der Waals surface area contributed by atoms with E-state index in [2.05, 4.69) is 74.2 Å². The van der Waals surface area contributed by atoms with Crippen LogP contribution in [-0.4, -0.2) is 50.1 Å². The van der Waals surface area contributed by atoms with Crippen molar-refractivity contribution in [2.75, 3.05) is 40.3 Å². The fourth-order valence-corrected chi connectivity index (χ4v) is 2.48. The number of hydrogen-bond acceptors (Lipinski definition) is 3. The van der Waals surface area contributed by atoms with Gasteiger partial charge in [0.05, 0.1) is 0 Å². The molecule has 1 N–H and O–H groups in total. The van der Waals surface area contributed by atoms with E-state index in [4.69, 9.17) is 0 Å². The molecule has 0 aromatic heterocycles. The highest BCUT2D eigenvalue weighted by atomic mass is 15.2. The van der Waals surface area contributed by atoms with Crippen LogP contribution in [0.5, 0.6) is 0 Å². The first kappa shape index (κ1) is 22.1. The summed E-state index contributed by atoms with van der Waals surface area (Å²) in [6, 6.07) is 8.97. The molecule has 3 heteroatoms. The molecule has 1 aromatic carbocycles. The van der Waals surface area contributed by atoms with Crippen molar-refractivity contribution in [1.29, 1.82) is 0 Å². The molecule has 1 rings (SSSR count). The van der Waals surface area contributed by atoms with Gasteiger partial charge in [-0.25, -0.2) is 0 Å². The first-order valence-electron chi connectivity index (χ1n) is 9.16. The van der Waals surface area contributed by atoms with Gasteiger partial charge in [-0.05, 0) is 37.7 Å². The summed E-state index contributed by atoms with van der Waals surface area (Å²) in [5.41, 5.74) is 2.75. The van der Waals surface area contributed by atoms with Gasteiger partial charge in [-0.15, -0.1) is 0 Å². The van der Waals surface area contributed by atoms with Gasteiger partial charge in [0.15, 0.2) is 0 Å². The van der Waals surface area contributed by atoms with Crippen molar-refractivity contribution in [3.8, 4) is 0 Å². The molecule has 0 atom stereocenters. The molecular weight excluding hydrogens is 282 g/mol. The molecule has 0 unspecified atom stereocenters. The van der Waals surface area contributed by atoms with Crippen molar-refractivity contribution in [2.45, 2.75) is 47.7 Å². The van der Waals surface area contributed by atoms with Crippen LogP contribution >= 0.6 is 0 Å². The Morgan fingerprint density at radius 1 is 0.913 bits per heavy atom. The van der Waals surface area contributed by atoms with Gasteiger partial charge >= 0.3 is 0 Å². The third kappa shape index (κ3) is 11.3. The van der Waals surface area contributed by atoms with Gasteiger partial charge < -0.3 is 15.1 Å². The molecular formula is C20H39N3. The number of nitrogens with one attached hydrogen (secondary N) is 1. The van der Waals surface area contributed by atoms with E-state index in [9.17, 15) is 0 Å². The molecule has 23 heavy (non-hydrogen) atoms. The van der Waals surface area contributed by atoms with Gasteiger partial charge in [-0.2, -0.15) is 0 Å². The molecule has 1 aromatic rings. The maximum atomic E-state index is 3.36. The summed E-state index contributed by atoms with van der Waals surface area (Å²) >= 11 is 0. The Kier molecular flexibility index (Phi) is 13.0. The zero-order valence-corrected chi connectivity index (χ0v) is 16.5. The molecule has 0 spiro atoms. The Morgan fingerprint density at radius 3 is 1.96 bits per heavy atom. The lowest BCUT2D eigenvalue weighted by molar-refractivity contribution is 0.236. The first-order valence-corrected chi connectivity index (χ1v) is 9.16. The largest absolute Gasteiger partial charge is 0.313 e. The Morgan fingerprint density at radius 2 is 1.43 bits per heavy atom. The van der Waals surface area contributed by atoms with Crippen LogP contribution in [-0.2, 0) is 13.1 Å². The zero-order valence-electron chi connectivity index (χ0n) is 16.5. The highest BCUT2D eigenvalue weighted by Gasteiger charge is 2.05. The first-order chi connectivity index (χ1) is 11.0.